The predicted octanol–water partition coefficient (Wildman–Crippen LogP) is 1.80. The van der Waals surface area contributed by atoms with Gasteiger partial charge in [0, 0.05) is 12.7 Å². The lowest BCUT2D eigenvalue weighted by molar-refractivity contribution is -0.216. The van der Waals surface area contributed by atoms with E-state index in [-0.39, 0.29) is 19.5 Å². The SMILES string of the molecule is C[C@H](NC(=O)C1(C(F)(F)F)CCNC1)c1ccccn1. The second kappa shape index (κ2) is 5.40. The normalized spacial score (nSPS) is 24.4. The van der Waals surface area contributed by atoms with E-state index in [1.165, 1.54) is 6.20 Å². The second-order valence-electron chi connectivity index (χ2n) is 4.96. The Kier molecular flexibility index (Phi) is 3.99. The molecule has 2 atom stereocenters. The Morgan fingerprint density at radius 3 is 2.75 bits per heavy atom. The molecule has 1 unspecified atom stereocenters. The van der Waals surface area contributed by atoms with Gasteiger partial charge in [-0.25, -0.2) is 0 Å². The molecular formula is C13H16F3N3O. The summed E-state index contributed by atoms with van der Waals surface area (Å²) < 4.78 is 39.6. The van der Waals surface area contributed by atoms with Gasteiger partial charge in [-0.3, -0.25) is 9.78 Å². The van der Waals surface area contributed by atoms with E-state index < -0.39 is 23.5 Å². The van der Waals surface area contributed by atoms with Crippen molar-refractivity contribution in [1.29, 1.82) is 0 Å². The maximum Gasteiger partial charge on any atom is 0.404 e. The van der Waals surface area contributed by atoms with Crippen LogP contribution in [0.1, 0.15) is 25.1 Å². The van der Waals surface area contributed by atoms with Gasteiger partial charge in [0.25, 0.3) is 0 Å². The van der Waals surface area contributed by atoms with Crippen LogP contribution in [-0.2, 0) is 4.79 Å². The van der Waals surface area contributed by atoms with E-state index in [0.29, 0.717) is 5.69 Å². The van der Waals surface area contributed by atoms with E-state index in [9.17, 15) is 18.0 Å². The molecule has 0 spiro atoms. The number of nitrogens with zero attached hydrogens (tertiary/aromatic N) is 1. The Morgan fingerprint density at radius 1 is 1.50 bits per heavy atom. The zero-order valence-corrected chi connectivity index (χ0v) is 11.0. The number of alkyl halides is 3. The Labute approximate surface area is 114 Å². The molecule has 1 aliphatic heterocycles. The molecule has 0 saturated carbocycles. The fraction of sp³-hybridized carbons (Fsp3) is 0.538. The molecule has 1 aromatic rings. The van der Waals surface area contributed by atoms with Crippen LogP contribution in [0.4, 0.5) is 13.2 Å². The molecule has 4 nitrogen and oxygen atoms in total. The number of rotatable bonds is 3. The number of hydrogen-bond donors (Lipinski definition) is 2. The number of nitrogens with one attached hydrogen (secondary N) is 2. The molecule has 1 aromatic heterocycles. The minimum absolute atomic E-state index is 0.185. The molecule has 0 aromatic carbocycles. The van der Waals surface area contributed by atoms with E-state index in [1.54, 1.807) is 25.1 Å². The monoisotopic (exact) mass is 287 g/mol. The Bertz CT molecular complexity index is 469. The first-order valence-electron chi connectivity index (χ1n) is 6.36. The van der Waals surface area contributed by atoms with Crippen LogP contribution in [0.15, 0.2) is 24.4 Å². The number of carbonyl (C=O) groups excluding carboxylic acids is 1. The highest BCUT2D eigenvalue weighted by Gasteiger charge is 2.61. The summed E-state index contributed by atoms with van der Waals surface area (Å²) in [5.74, 6) is -0.992. The van der Waals surface area contributed by atoms with Crippen molar-refractivity contribution in [3.8, 4) is 0 Å². The summed E-state index contributed by atoms with van der Waals surface area (Å²) >= 11 is 0. The smallest absolute Gasteiger partial charge is 0.347 e. The maximum atomic E-state index is 13.2. The third-order valence-electron chi connectivity index (χ3n) is 3.61. The van der Waals surface area contributed by atoms with Crippen LogP contribution in [0.25, 0.3) is 0 Å². The summed E-state index contributed by atoms with van der Waals surface area (Å²) in [6.45, 7) is 1.43. The van der Waals surface area contributed by atoms with Crippen LogP contribution in [0.3, 0.4) is 0 Å². The fourth-order valence-corrected chi connectivity index (χ4v) is 2.30. The largest absolute Gasteiger partial charge is 0.404 e. The van der Waals surface area contributed by atoms with Gasteiger partial charge in [0.1, 0.15) is 0 Å². The summed E-state index contributed by atoms with van der Waals surface area (Å²) in [4.78, 5) is 16.1. The zero-order valence-electron chi connectivity index (χ0n) is 11.0. The van der Waals surface area contributed by atoms with Gasteiger partial charge in [-0.1, -0.05) is 6.07 Å². The van der Waals surface area contributed by atoms with Crippen LogP contribution in [0, 0.1) is 5.41 Å². The van der Waals surface area contributed by atoms with Crippen molar-refractivity contribution >= 4 is 5.91 Å². The fourth-order valence-electron chi connectivity index (χ4n) is 2.30. The highest BCUT2D eigenvalue weighted by molar-refractivity contribution is 5.84. The zero-order chi connectivity index (χ0) is 14.8. The van der Waals surface area contributed by atoms with Gasteiger partial charge >= 0.3 is 6.18 Å². The highest BCUT2D eigenvalue weighted by atomic mass is 19.4. The average Bonchev–Trinajstić information content (AvgIpc) is 2.90. The van der Waals surface area contributed by atoms with E-state index in [4.69, 9.17) is 0 Å². The number of halogens is 3. The van der Waals surface area contributed by atoms with Crippen molar-refractivity contribution in [1.82, 2.24) is 15.6 Å². The minimum Gasteiger partial charge on any atom is -0.347 e. The molecule has 1 saturated heterocycles. The van der Waals surface area contributed by atoms with E-state index in [0.717, 1.165) is 0 Å². The maximum absolute atomic E-state index is 13.2. The number of pyridine rings is 1. The second-order valence-corrected chi connectivity index (χ2v) is 4.96. The molecule has 1 fully saturated rings. The standard InChI is InChI=1S/C13H16F3N3O/c1-9(10-4-2-3-6-18-10)19-11(20)12(13(14,15)16)5-7-17-8-12/h2-4,6,9,17H,5,7-8H2,1H3,(H,19,20)/t9-,12?/m0/s1. The van der Waals surface area contributed by atoms with Gasteiger partial charge in [-0.05, 0) is 32.0 Å². The Hall–Kier alpha value is -1.63. The van der Waals surface area contributed by atoms with E-state index >= 15 is 0 Å². The summed E-state index contributed by atoms with van der Waals surface area (Å²) in [6.07, 6.45) is -3.27. The van der Waals surface area contributed by atoms with Crippen molar-refractivity contribution in [3.63, 3.8) is 0 Å². The third-order valence-corrected chi connectivity index (χ3v) is 3.61. The third kappa shape index (κ3) is 2.63. The molecule has 2 heterocycles. The molecule has 1 amide bonds. The summed E-state index contributed by atoms with van der Waals surface area (Å²) in [5.41, 5.74) is -1.81. The highest BCUT2D eigenvalue weighted by Crippen LogP contribution is 2.43. The minimum atomic E-state index is -4.57. The Balaban J connectivity index is 2.14. The van der Waals surface area contributed by atoms with E-state index in [1.807, 2.05) is 0 Å². The summed E-state index contributed by atoms with van der Waals surface area (Å²) in [6, 6.07) is 4.53. The first kappa shape index (κ1) is 14.8. The van der Waals surface area contributed by atoms with Crippen molar-refractivity contribution in [2.75, 3.05) is 13.1 Å². The van der Waals surface area contributed by atoms with Crippen LogP contribution in [0.5, 0.6) is 0 Å². The molecular weight excluding hydrogens is 271 g/mol. The summed E-state index contributed by atoms with van der Waals surface area (Å²) in [7, 11) is 0. The van der Waals surface area contributed by atoms with Crippen LogP contribution >= 0.6 is 0 Å². The lowest BCUT2D eigenvalue weighted by Crippen LogP contribution is -2.52. The van der Waals surface area contributed by atoms with Crippen molar-refractivity contribution in [2.24, 2.45) is 5.41 Å². The number of hydrogen-bond acceptors (Lipinski definition) is 3. The first-order chi connectivity index (χ1) is 9.37. The summed E-state index contributed by atoms with van der Waals surface area (Å²) in [5, 5.41) is 5.04. The van der Waals surface area contributed by atoms with Crippen molar-refractivity contribution in [2.45, 2.75) is 25.6 Å². The molecule has 2 N–H and O–H groups in total. The molecule has 7 heteroatoms. The van der Waals surface area contributed by atoms with E-state index in [2.05, 4.69) is 15.6 Å². The van der Waals surface area contributed by atoms with Gasteiger partial charge < -0.3 is 10.6 Å². The molecule has 0 bridgehead atoms. The topological polar surface area (TPSA) is 54.0 Å². The molecule has 0 radical (unpaired) electrons. The van der Waals surface area contributed by atoms with Gasteiger partial charge in [0.2, 0.25) is 5.91 Å². The van der Waals surface area contributed by atoms with Gasteiger partial charge in [-0.15, -0.1) is 0 Å². The number of aromatic nitrogens is 1. The van der Waals surface area contributed by atoms with Crippen molar-refractivity contribution in [3.05, 3.63) is 30.1 Å². The number of amides is 1. The lowest BCUT2D eigenvalue weighted by atomic mass is 9.85. The molecule has 110 valence electrons. The van der Waals surface area contributed by atoms with Crippen LogP contribution in [0.2, 0.25) is 0 Å². The predicted molar refractivity (Wildman–Crippen MR) is 66.8 cm³/mol. The molecule has 2 rings (SSSR count). The Morgan fingerprint density at radius 2 is 2.25 bits per heavy atom. The quantitative estimate of drug-likeness (QED) is 0.891. The number of carbonyl (C=O) groups is 1. The van der Waals surface area contributed by atoms with Gasteiger partial charge in [0.05, 0.1) is 11.7 Å². The van der Waals surface area contributed by atoms with Gasteiger partial charge in [0.15, 0.2) is 5.41 Å². The molecule has 1 aliphatic rings. The lowest BCUT2D eigenvalue weighted by Gasteiger charge is -2.30. The van der Waals surface area contributed by atoms with Gasteiger partial charge in [-0.2, -0.15) is 13.2 Å². The molecule has 0 aliphatic carbocycles. The average molecular weight is 287 g/mol. The first-order valence-corrected chi connectivity index (χ1v) is 6.36. The van der Waals surface area contributed by atoms with Crippen molar-refractivity contribution < 1.29 is 18.0 Å². The van der Waals surface area contributed by atoms with Crippen LogP contribution in [-0.4, -0.2) is 30.2 Å². The van der Waals surface area contributed by atoms with Crippen LogP contribution < -0.4 is 10.6 Å². The molecule has 20 heavy (non-hydrogen) atoms.